The molecule has 1 aromatic heterocycles. The fourth-order valence-electron chi connectivity index (χ4n) is 3.76. The molecule has 2 aliphatic heterocycles. The van der Waals surface area contributed by atoms with Gasteiger partial charge in [0.15, 0.2) is 5.96 Å². The second-order valence-electron chi connectivity index (χ2n) is 7.05. The number of aromatic nitrogens is 1. The third kappa shape index (κ3) is 5.81. The molecule has 0 amide bonds. The highest BCUT2D eigenvalue weighted by Gasteiger charge is 2.27. The first kappa shape index (κ1) is 20.4. The molecule has 25 heavy (non-hydrogen) atoms. The highest BCUT2D eigenvalue weighted by atomic mass is 127. The molecule has 0 radical (unpaired) electrons. The molecule has 0 aromatic carbocycles. The van der Waals surface area contributed by atoms with Gasteiger partial charge in [0.1, 0.15) is 0 Å². The zero-order valence-corrected chi connectivity index (χ0v) is 17.9. The minimum atomic E-state index is 0. The van der Waals surface area contributed by atoms with E-state index in [2.05, 4.69) is 40.0 Å². The van der Waals surface area contributed by atoms with E-state index in [0.29, 0.717) is 6.54 Å². The smallest absolute Gasteiger partial charge is 0.194 e. The van der Waals surface area contributed by atoms with Gasteiger partial charge in [0.05, 0.1) is 12.2 Å². The van der Waals surface area contributed by atoms with Crippen LogP contribution in [0.2, 0.25) is 0 Å². The van der Waals surface area contributed by atoms with Crippen molar-refractivity contribution in [2.45, 2.75) is 39.7 Å². The van der Waals surface area contributed by atoms with E-state index in [1.165, 1.54) is 44.5 Å². The Morgan fingerprint density at radius 3 is 2.84 bits per heavy atom. The summed E-state index contributed by atoms with van der Waals surface area (Å²) < 4.78 is 0. The molecule has 6 heteroatoms. The van der Waals surface area contributed by atoms with Crippen LogP contribution in [0.15, 0.2) is 23.3 Å². The van der Waals surface area contributed by atoms with Gasteiger partial charge in [-0.05, 0) is 63.7 Å². The summed E-state index contributed by atoms with van der Waals surface area (Å²) in [6, 6.07) is 4.09. The van der Waals surface area contributed by atoms with Crippen LogP contribution in [0.25, 0.3) is 0 Å². The molecule has 2 saturated heterocycles. The van der Waals surface area contributed by atoms with Crippen molar-refractivity contribution in [2.75, 3.05) is 39.3 Å². The standard InChI is InChI=1S/C19H31N5.HI/c1-3-20-19(22-13-18-16(2)7-6-9-21-18)24-12-8-17(15-24)14-23-10-4-5-11-23;/h6-7,9,17H,3-5,8,10-15H2,1-2H3,(H,20,22);1H. The van der Waals surface area contributed by atoms with Crippen LogP contribution in [0, 0.1) is 12.8 Å². The van der Waals surface area contributed by atoms with Gasteiger partial charge in [0.25, 0.3) is 0 Å². The highest BCUT2D eigenvalue weighted by Crippen LogP contribution is 2.20. The summed E-state index contributed by atoms with van der Waals surface area (Å²) in [5.74, 6) is 1.83. The van der Waals surface area contributed by atoms with E-state index >= 15 is 0 Å². The molecule has 0 spiro atoms. The number of nitrogens with one attached hydrogen (secondary N) is 1. The molecule has 2 fully saturated rings. The van der Waals surface area contributed by atoms with Crippen molar-refractivity contribution in [3.8, 4) is 0 Å². The van der Waals surface area contributed by atoms with Crippen molar-refractivity contribution in [2.24, 2.45) is 10.9 Å². The molecule has 2 aliphatic rings. The Kier molecular flexibility index (Phi) is 8.42. The highest BCUT2D eigenvalue weighted by molar-refractivity contribution is 14.0. The van der Waals surface area contributed by atoms with Crippen LogP contribution in [0.1, 0.15) is 37.4 Å². The average molecular weight is 457 g/mol. The zero-order chi connectivity index (χ0) is 16.8. The predicted octanol–water partition coefficient (Wildman–Crippen LogP) is 2.89. The van der Waals surface area contributed by atoms with Gasteiger partial charge in [-0.2, -0.15) is 0 Å². The lowest BCUT2D eigenvalue weighted by atomic mass is 10.1. The van der Waals surface area contributed by atoms with Gasteiger partial charge >= 0.3 is 0 Å². The number of halogens is 1. The van der Waals surface area contributed by atoms with Crippen LogP contribution in [-0.4, -0.2) is 60.0 Å². The predicted molar refractivity (Wildman–Crippen MR) is 115 cm³/mol. The van der Waals surface area contributed by atoms with Gasteiger partial charge in [-0.25, -0.2) is 4.99 Å². The first-order valence-electron chi connectivity index (χ1n) is 9.42. The second-order valence-corrected chi connectivity index (χ2v) is 7.05. The normalized spacial score (nSPS) is 21.4. The van der Waals surface area contributed by atoms with Crippen molar-refractivity contribution in [3.05, 3.63) is 29.6 Å². The molecule has 3 rings (SSSR count). The summed E-state index contributed by atoms with van der Waals surface area (Å²) in [6.45, 7) is 11.9. The Balaban J connectivity index is 0.00000225. The van der Waals surface area contributed by atoms with E-state index < -0.39 is 0 Å². The van der Waals surface area contributed by atoms with E-state index in [9.17, 15) is 0 Å². The van der Waals surface area contributed by atoms with Crippen LogP contribution in [0.3, 0.4) is 0 Å². The summed E-state index contributed by atoms with van der Waals surface area (Å²) in [4.78, 5) is 14.4. The zero-order valence-electron chi connectivity index (χ0n) is 15.6. The maximum Gasteiger partial charge on any atom is 0.194 e. The number of guanidine groups is 1. The van der Waals surface area contributed by atoms with Crippen LogP contribution in [0.5, 0.6) is 0 Å². The molecule has 1 unspecified atom stereocenters. The van der Waals surface area contributed by atoms with E-state index in [1.807, 2.05) is 12.3 Å². The molecule has 0 saturated carbocycles. The fourth-order valence-corrected chi connectivity index (χ4v) is 3.76. The van der Waals surface area contributed by atoms with Crippen LogP contribution < -0.4 is 5.32 Å². The maximum absolute atomic E-state index is 4.85. The number of nitrogens with zero attached hydrogens (tertiary/aromatic N) is 4. The summed E-state index contributed by atoms with van der Waals surface area (Å²) in [6.07, 6.45) is 5.89. The number of aliphatic imine (C=N–C) groups is 1. The number of aryl methyl sites for hydroxylation is 1. The van der Waals surface area contributed by atoms with Gasteiger partial charge < -0.3 is 15.1 Å². The Hall–Kier alpha value is -0.890. The molecular formula is C19H32IN5. The van der Waals surface area contributed by atoms with Crippen LogP contribution >= 0.6 is 24.0 Å². The van der Waals surface area contributed by atoms with Crippen molar-refractivity contribution < 1.29 is 0 Å². The minimum Gasteiger partial charge on any atom is -0.357 e. The minimum absolute atomic E-state index is 0. The van der Waals surface area contributed by atoms with E-state index in [4.69, 9.17) is 4.99 Å². The van der Waals surface area contributed by atoms with Crippen molar-refractivity contribution in [1.29, 1.82) is 0 Å². The maximum atomic E-state index is 4.85. The molecule has 140 valence electrons. The number of likely N-dealkylation sites (tertiary alicyclic amines) is 2. The number of rotatable bonds is 5. The lowest BCUT2D eigenvalue weighted by Crippen LogP contribution is -2.40. The number of hydrogen-bond donors (Lipinski definition) is 1. The largest absolute Gasteiger partial charge is 0.357 e. The van der Waals surface area contributed by atoms with Gasteiger partial charge in [0, 0.05) is 32.4 Å². The van der Waals surface area contributed by atoms with Gasteiger partial charge in [-0.1, -0.05) is 6.07 Å². The molecule has 1 N–H and O–H groups in total. The first-order chi connectivity index (χ1) is 11.8. The topological polar surface area (TPSA) is 43.8 Å². The third-order valence-electron chi connectivity index (χ3n) is 5.13. The van der Waals surface area contributed by atoms with Crippen LogP contribution in [0.4, 0.5) is 0 Å². The quantitative estimate of drug-likeness (QED) is 0.420. The molecule has 0 bridgehead atoms. The molecule has 1 atom stereocenters. The Morgan fingerprint density at radius 1 is 1.32 bits per heavy atom. The Bertz CT molecular complexity index is 557. The van der Waals surface area contributed by atoms with Crippen molar-refractivity contribution in [3.63, 3.8) is 0 Å². The summed E-state index contributed by atoms with van der Waals surface area (Å²) in [7, 11) is 0. The third-order valence-corrected chi connectivity index (χ3v) is 5.13. The van der Waals surface area contributed by atoms with Crippen LogP contribution in [-0.2, 0) is 6.54 Å². The van der Waals surface area contributed by atoms with E-state index in [0.717, 1.165) is 37.2 Å². The van der Waals surface area contributed by atoms with Gasteiger partial charge in [-0.15, -0.1) is 24.0 Å². The summed E-state index contributed by atoms with van der Waals surface area (Å²) >= 11 is 0. The monoisotopic (exact) mass is 457 g/mol. The molecule has 3 heterocycles. The second kappa shape index (κ2) is 10.3. The van der Waals surface area contributed by atoms with Gasteiger partial charge in [-0.3, -0.25) is 4.98 Å². The van der Waals surface area contributed by atoms with Crippen molar-refractivity contribution in [1.82, 2.24) is 20.1 Å². The first-order valence-corrected chi connectivity index (χ1v) is 9.42. The van der Waals surface area contributed by atoms with Gasteiger partial charge in [0.2, 0.25) is 0 Å². The SMILES string of the molecule is CCNC(=NCc1ncccc1C)N1CCC(CN2CCCC2)C1.I. The molecular weight excluding hydrogens is 425 g/mol. The molecule has 0 aliphatic carbocycles. The Morgan fingerprint density at radius 2 is 2.12 bits per heavy atom. The van der Waals surface area contributed by atoms with Crippen molar-refractivity contribution >= 4 is 29.9 Å². The molecule has 5 nitrogen and oxygen atoms in total. The number of pyridine rings is 1. The van der Waals surface area contributed by atoms with E-state index in [-0.39, 0.29) is 24.0 Å². The average Bonchev–Trinajstić information content (AvgIpc) is 3.25. The van der Waals surface area contributed by atoms with E-state index in [1.54, 1.807) is 0 Å². The molecule has 1 aromatic rings. The summed E-state index contributed by atoms with van der Waals surface area (Å²) in [5.41, 5.74) is 2.28. The lowest BCUT2D eigenvalue weighted by Gasteiger charge is -2.23. The Labute approximate surface area is 169 Å². The fraction of sp³-hybridized carbons (Fsp3) is 0.684. The lowest BCUT2D eigenvalue weighted by molar-refractivity contribution is 0.281. The number of hydrogen-bond acceptors (Lipinski definition) is 3. The summed E-state index contributed by atoms with van der Waals surface area (Å²) in [5, 5.41) is 3.46.